The summed E-state index contributed by atoms with van der Waals surface area (Å²) in [6, 6.07) is 23.4. The molecule has 3 aromatic carbocycles. The average molecular weight is 869 g/mol. The summed E-state index contributed by atoms with van der Waals surface area (Å²) < 4.78 is 2.67. The van der Waals surface area contributed by atoms with E-state index in [0.717, 1.165) is 17.7 Å². The molecule has 0 aliphatic rings. The fourth-order valence-corrected chi connectivity index (χ4v) is 8.98. The van der Waals surface area contributed by atoms with Crippen molar-refractivity contribution < 1.29 is 30.0 Å². The van der Waals surface area contributed by atoms with E-state index in [1.54, 1.807) is 0 Å². The van der Waals surface area contributed by atoms with E-state index < -0.39 is 0 Å². The molecule has 2 heterocycles. The summed E-state index contributed by atoms with van der Waals surface area (Å²) in [5.41, 5.74) is 4.96. The maximum absolute atomic E-state index is 12.3. The van der Waals surface area contributed by atoms with Crippen molar-refractivity contribution in [2.45, 2.75) is 95.4 Å². The maximum Gasteiger partial charge on any atom is 0.162 e. The minimum absolute atomic E-state index is 0. The quantitative estimate of drug-likeness (QED) is 0.0817. The van der Waals surface area contributed by atoms with Gasteiger partial charge in [-0.2, -0.15) is 0 Å². The van der Waals surface area contributed by atoms with Crippen LogP contribution < -0.4 is 0 Å². The van der Waals surface area contributed by atoms with Gasteiger partial charge in [0.05, 0.1) is 5.76 Å². The van der Waals surface area contributed by atoms with Crippen molar-refractivity contribution in [1.82, 2.24) is 4.98 Å². The van der Waals surface area contributed by atoms with Gasteiger partial charge in [-0.25, -0.2) is 0 Å². The second-order valence-corrected chi connectivity index (χ2v) is 16.9. The summed E-state index contributed by atoms with van der Waals surface area (Å²) >= 11 is 1.89. The van der Waals surface area contributed by atoms with Crippen LogP contribution in [0.2, 0.25) is 0 Å². The van der Waals surface area contributed by atoms with Crippen LogP contribution in [0.15, 0.2) is 72.6 Å². The standard InChI is InChI=1S/C28H26NS.C17H32O2.Ir/c1-17(2)14-20-9-7-11-23-24-12-13-29-26(28(24)30-27(20)23)21-15-19-8-5-6-10-22(19)25(16-21)18(3)4;1-10(2)16(11(3)4)14(18)9-15(19)17(12(5)6)13(7)8;/h5-13,16-18H,14H2,1-4H3;9-13,16-18H,1-8H3;/q-1;;/b;14-9-;. The fraction of sp³-hybridized carbons (Fsp3) is 0.467. The Morgan fingerprint density at radius 3 is 1.92 bits per heavy atom. The Morgan fingerprint density at radius 2 is 1.34 bits per heavy atom. The molecule has 5 rings (SSSR count). The van der Waals surface area contributed by atoms with Crippen LogP contribution in [-0.4, -0.2) is 15.9 Å². The number of hydrogen-bond acceptors (Lipinski definition) is 4. The minimum atomic E-state index is -0.0119. The Kier molecular flexibility index (Phi) is 15.0. The zero-order valence-corrected chi connectivity index (χ0v) is 35.4. The molecular formula is C45H58IrNO2S-. The molecule has 0 bridgehead atoms. The number of aliphatic hydroxyl groups is 1. The molecule has 0 aliphatic carbocycles. The zero-order chi connectivity index (χ0) is 36.2. The van der Waals surface area contributed by atoms with Gasteiger partial charge in [0.15, 0.2) is 5.78 Å². The number of nitrogens with zero attached hydrogens (tertiary/aromatic N) is 1. The van der Waals surface area contributed by atoms with E-state index in [9.17, 15) is 9.90 Å². The van der Waals surface area contributed by atoms with E-state index in [-0.39, 0.29) is 43.5 Å². The predicted molar refractivity (Wildman–Crippen MR) is 214 cm³/mol. The Hall–Kier alpha value is -2.85. The van der Waals surface area contributed by atoms with Gasteiger partial charge in [-0.15, -0.1) is 40.5 Å². The number of carbonyl (C=O) groups excluding carboxylic acids is 1. The summed E-state index contributed by atoms with van der Waals surface area (Å²) in [5, 5.41) is 15.4. The Morgan fingerprint density at radius 1 is 0.760 bits per heavy atom. The third-order valence-electron chi connectivity index (χ3n) is 9.64. The summed E-state index contributed by atoms with van der Waals surface area (Å²) in [7, 11) is 0. The van der Waals surface area contributed by atoms with Gasteiger partial charge in [-0.1, -0.05) is 130 Å². The number of fused-ring (bicyclic) bond motifs is 4. The van der Waals surface area contributed by atoms with Crippen LogP contribution in [0.3, 0.4) is 0 Å². The number of ketones is 1. The van der Waals surface area contributed by atoms with Crippen molar-refractivity contribution in [2.24, 2.45) is 41.4 Å². The number of hydrogen-bond donors (Lipinski definition) is 1. The number of pyridine rings is 1. The summed E-state index contributed by atoms with van der Waals surface area (Å²) in [5.74, 6) is 2.71. The van der Waals surface area contributed by atoms with Crippen LogP contribution in [0.25, 0.3) is 42.2 Å². The van der Waals surface area contributed by atoms with Gasteiger partial charge in [0, 0.05) is 64.7 Å². The van der Waals surface area contributed by atoms with Crippen LogP contribution in [0.1, 0.15) is 100 Å². The number of carbonyl (C=O) groups is 1. The van der Waals surface area contributed by atoms with Gasteiger partial charge < -0.3 is 5.11 Å². The molecule has 271 valence electrons. The molecule has 0 atom stereocenters. The second-order valence-electron chi connectivity index (χ2n) is 15.9. The van der Waals surface area contributed by atoms with Gasteiger partial charge in [-0.05, 0) is 58.9 Å². The van der Waals surface area contributed by atoms with E-state index in [4.69, 9.17) is 4.98 Å². The SMILES string of the molecule is CC(C)C(C(=O)/C=C(\O)C(C(C)C)C(C)C)C(C)C.CC(C)Cc1cccc2c1sc1c(-c3[c-]c4ccccc4c(C(C)C)c3)nccc12.[Ir]. The first kappa shape index (κ1) is 41.6. The van der Waals surface area contributed by atoms with Crippen LogP contribution in [-0.2, 0) is 31.3 Å². The Balaban J connectivity index is 0.000000296. The maximum atomic E-state index is 12.3. The summed E-state index contributed by atoms with van der Waals surface area (Å²) in [6.07, 6.45) is 4.54. The fourth-order valence-electron chi connectivity index (χ4n) is 7.66. The Labute approximate surface area is 319 Å². The monoisotopic (exact) mass is 869 g/mol. The third-order valence-corrected chi connectivity index (χ3v) is 10.9. The second kappa shape index (κ2) is 18.1. The van der Waals surface area contributed by atoms with Gasteiger partial charge in [0.1, 0.15) is 0 Å². The van der Waals surface area contributed by atoms with Crippen molar-refractivity contribution in [1.29, 1.82) is 0 Å². The van der Waals surface area contributed by atoms with Crippen LogP contribution in [0, 0.1) is 47.5 Å². The van der Waals surface area contributed by atoms with Crippen molar-refractivity contribution in [3.8, 4) is 11.3 Å². The van der Waals surface area contributed by atoms with E-state index in [0.29, 0.717) is 35.5 Å². The first-order valence-electron chi connectivity index (χ1n) is 18.3. The van der Waals surface area contributed by atoms with Crippen molar-refractivity contribution in [3.05, 3.63) is 89.8 Å². The summed E-state index contributed by atoms with van der Waals surface area (Å²) in [4.78, 5) is 17.2. The van der Waals surface area contributed by atoms with Gasteiger partial charge in [0.2, 0.25) is 0 Å². The third kappa shape index (κ3) is 9.52. The van der Waals surface area contributed by atoms with Crippen LogP contribution in [0.5, 0.6) is 0 Å². The molecule has 0 spiro atoms. The number of allylic oxidation sites excluding steroid dienone is 2. The number of aromatic nitrogens is 1. The molecule has 2 aromatic heterocycles. The molecule has 0 fully saturated rings. The predicted octanol–water partition coefficient (Wildman–Crippen LogP) is 13.2. The molecule has 50 heavy (non-hydrogen) atoms. The molecule has 5 heteroatoms. The first-order chi connectivity index (χ1) is 23.1. The first-order valence-corrected chi connectivity index (χ1v) is 19.1. The van der Waals surface area contributed by atoms with Gasteiger partial charge in [-0.3, -0.25) is 9.78 Å². The molecule has 1 N–H and O–H groups in total. The van der Waals surface area contributed by atoms with Crippen LogP contribution in [0.4, 0.5) is 0 Å². The van der Waals surface area contributed by atoms with Gasteiger partial charge >= 0.3 is 0 Å². The van der Waals surface area contributed by atoms with Crippen LogP contribution >= 0.6 is 11.3 Å². The molecule has 0 saturated heterocycles. The average Bonchev–Trinajstić information content (AvgIpc) is 3.39. The normalized spacial score (nSPS) is 12.4. The zero-order valence-electron chi connectivity index (χ0n) is 32.2. The molecule has 5 aromatic rings. The Bertz CT molecular complexity index is 1900. The van der Waals surface area contributed by atoms with Crippen molar-refractivity contribution in [3.63, 3.8) is 0 Å². The van der Waals surface area contributed by atoms with Crippen molar-refractivity contribution in [2.75, 3.05) is 0 Å². The molecule has 0 unspecified atom stereocenters. The molecule has 1 radical (unpaired) electrons. The number of rotatable bonds is 11. The largest absolute Gasteiger partial charge is 0.512 e. The summed E-state index contributed by atoms with van der Waals surface area (Å²) in [6.45, 7) is 25.7. The number of benzene rings is 3. The molecular weight excluding hydrogens is 811 g/mol. The van der Waals surface area contributed by atoms with E-state index in [1.807, 2.05) is 17.5 Å². The molecule has 0 saturated carbocycles. The van der Waals surface area contributed by atoms with E-state index in [1.165, 1.54) is 48.1 Å². The van der Waals surface area contributed by atoms with Gasteiger partial charge in [0.25, 0.3) is 0 Å². The smallest absolute Gasteiger partial charge is 0.162 e. The minimum Gasteiger partial charge on any atom is -0.512 e. The molecule has 3 nitrogen and oxygen atoms in total. The molecule has 0 amide bonds. The number of thiophene rings is 1. The van der Waals surface area contributed by atoms with Crippen molar-refractivity contribution >= 4 is 48.1 Å². The van der Waals surface area contributed by atoms with E-state index >= 15 is 0 Å². The molecule has 0 aliphatic heterocycles. The number of aliphatic hydroxyl groups excluding tert-OH is 1. The van der Waals surface area contributed by atoms with E-state index in [2.05, 4.69) is 144 Å². The topological polar surface area (TPSA) is 50.2 Å².